The molecule has 1 aromatic heterocycles. The van der Waals surface area contributed by atoms with E-state index in [1.165, 1.54) is 0 Å². The third-order valence-electron chi connectivity index (χ3n) is 2.79. The molecule has 4 nitrogen and oxygen atoms in total. The minimum Gasteiger partial charge on any atom is -0.495 e. The molecule has 0 bridgehead atoms. The Hall–Kier alpha value is -2.07. The summed E-state index contributed by atoms with van der Waals surface area (Å²) in [7, 11) is 1.56. The number of aromatic nitrogens is 1. The fourth-order valence-electron chi connectivity index (χ4n) is 1.77. The van der Waals surface area contributed by atoms with Crippen LogP contribution in [0.15, 0.2) is 42.7 Å². The smallest absolute Gasteiger partial charge is 0.224 e. The molecule has 1 N–H and O–H groups in total. The zero-order valence-corrected chi connectivity index (χ0v) is 11.9. The molecule has 0 saturated carbocycles. The number of nitrogens with one attached hydrogen (secondary N) is 1. The molecule has 1 amide bonds. The van der Waals surface area contributed by atoms with Gasteiger partial charge in [-0.15, -0.1) is 0 Å². The molecule has 1 heterocycles. The fraction of sp³-hybridized carbons (Fsp3) is 0.200. The number of benzene rings is 1. The number of methoxy groups -OCH3 is 1. The number of rotatable bonds is 5. The molecule has 0 atom stereocenters. The monoisotopic (exact) mass is 290 g/mol. The highest BCUT2D eigenvalue weighted by molar-refractivity contribution is 6.32. The van der Waals surface area contributed by atoms with Crippen LogP contribution < -0.4 is 10.1 Å². The van der Waals surface area contributed by atoms with Gasteiger partial charge in [-0.3, -0.25) is 9.78 Å². The normalized spacial score (nSPS) is 10.1. The summed E-state index contributed by atoms with van der Waals surface area (Å²) in [5, 5.41) is 3.35. The molecule has 104 valence electrons. The highest BCUT2D eigenvalue weighted by atomic mass is 35.5. The number of hydrogen-bond acceptors (Lipinski definition) is 3. The number of nitrogens with zero attached hydrogens (tertiary/aromatic N) is 1. The Morgan fingerprint density at radius 1 is 1.35 bits per heavy atom. The zero-order chi connectivity index (χ0) is 14.4. The summed E-state index contributed by atoms with van der Waals surface area (Å²) in [4.78, 5) is 15.8. The van der Waals surface area contributed by atoms with Crippen LogP contribution in [0.4, 0.5) is 0 Å². The zero-order valence-electron chi connectivity index (χ0n) is 11.1. The second kappa shape index (κ2) is 6.91. The molecule has 0 unspecified atom stereocenters. The van der Waals surface area contributed by atoms with Crippen molar-refractivity contribution in [1.82, 2.24) is 10.3 Å². The predicted octanol–water partition coefficient (Wildman–Crippen LogP) is 2.60. The molecule has 0 fully saturated rings. The van der Waals surface area contributed by atoms with Gasteiger partial charge in [0, 0.05) is 18.9 Å². The minimum absolute atomic E-state index is 0.0601. The first-order valence-corrected chi connectivity index (χ1v) is 6.55. The van der Waals surface area contributed by atoms with Gasteiger partial charge in [-0.05, 0) is 29.3 Å². The number of pyridine rings is 1. The van der Waals surface area contributed by atoms with Crippen LogP contribution in [0.1, 0.15) is 11.1 Å². The van der Waals surface area contributed by atoms with Crippen LogP contribution in [-0.2, 0) is 17.8 Å². The molecular formula is C15H15ClN2O2. The van der Waals surface area contributed by atoms with Gasteiger partial charge in [-0.1, -0.05) is 23.7 Å². The van der Waals surface area contributed by atoms with Crippen LogP contribution in [-0.4, -0.2) is 18.0 Å². The SMILES string of the molecule is COc1ccc(CC(=O)NCc2cccnc2)cc1Cl. The van der Waals surface area contributed by atoms with Gasteiger partial charge in [0.25, 0.3) is 0 Å². The van der Waals surface area contributed by atoms with Gasteiger partial charge in [-0.25, -0.2) is 0 Å². The lowest BCUT2D eigenvalue weighted by atomic mass is 10.1. The van der Waals surface area contributed by atoms with Gasteiger partial charge in [0.15, 0.2) is 0 Å². The number of ether oxygens (including phenoxy) is 1. The lowest BCUT2D eigenvalue weighted by Gasteiger charge is -2.07. The topological polar surface area (TPSA) is 51.2 Å². The van der Waals surface area contributed by atoms with E-state index in [-0.39, 0.29) is 12.3 Å². The van der Waals surface area contributed by atoms with Gasteiger partial charge in [0.1, 0.15) is 5.75 Å². The number of halogens is 1. The fourth-order valence-corrected chi connectivity index (χ4v) is 2.05. The molecule has 0 saturated heterocycles. The number of hydrogen-bond donors (Lipinski definition) is 1. The standard InChI is InChI=1S/C15H15ClN2O2/c1-20-14-5-4-11(7-13(14)16)8-15(19)18-10-12-3-2-6-17-9-12/h2-7,9H,8,10H2,1H3,(H,18,19). The van der Waals surface area contributed by atoms with E-state index < -0.39 is 0 Å². The summed E-state index contributed by atoms with van der Waals surface area (Å²) in [6.07, 6.45) is 3.71. The van der Waals surface area contributed by atoms with Crippen molar-refractivity contribution in [2.75, 3.05) is 7.11 Å². The van der Waals surface area contributed by atoms with Crippen molar-refractivity contribution >= 4 is 17.5 Å². The Bertz CT molecular complexity index is 588. The molecular weight excluding hydrogens is 276 g/mol. The van der Waals surface area contributed by atoms with E-state index in [2.05, 4.69) is 10.3 Å². The minimum atomic E-state index is -0.0601. The number of carbonyl (C=O) groups is 1. The van der Waals surface area contributed by atoms with Crippen LogP contribution in [0.2, 0.25) is 5.02 Å². The molecule has 0 radical (unpaired) electrons. The first kappa shape index (κ1) is 14.3. The van der Waals surface area contributed by atoms with Crippen LogP contribution in [0.5, 0.6) is 5.75 Å². The number of amides is 1. The second-order valence-corrected chi connectivity index (χ2v) is 4.69. The van der Waals surface area contributed by atoms with Gasteiger partial charge in [0.2, 0.25) is 5.91 Å². The van der Waals surface area contributed by atoms with Gasteiger partial charge < -0.3 is 10.1 Å². The Balaban J connectivity index is 1.90. The molecule has 2 aromatic rings. The summed E-state index contributed by atoms with van der Waals surface area (Å²) in [6.45, 7) is 0.469. The van der Waals surface area contributed by atoms with Crippen molar-refractivity contribution in [3.8, 4) is 5.75 Å². The van der Waals surface area contributed by atoms with Crippen molar-refractivity contribution in [3.05, 3.63) is 58.9 Å². The average Bonchev–Trinajstić information content (AvgIpc) is 2.46. The van der Waals surface area contributed by atoms with E-state index in [0.29, 0.717) is 17.3 Å². The van der Waals surface area contributed by atoms with Crippen molar-refractivity contribution in [3.63, 3.8) is 0 Å². The van der Waals surface area contributed by atoms with E-state index in [0.717, 1.165) is 11.1 Å². The van der Waals surface area contributed by atoms with Crippen LogP contribution in [0.3, 0.4) is 0 Å². The maximum Gasteiger partial charge on any atom is 0.224 e. The average molecular weight is 291 g/mol. The molecule has 1 aromatic carbocycles. The van der Waals surface area contributed by atoms with Crippen molar-refractivity contribution in [1.29, 1.82) is 0 Å². The van der Waals surface area contributed by atoms with Crippen LogP contribution in [0.25, 0.3) is 0 Å². The summed E-state index contributed by atoms with van der Waals surface area (Å²) in [5.74, 6) is 0.543. The summed E-state index contributed by atoms with van der Waals surface area (Å²) in [6, 6.07) is 9.08. The summed E-state index contributed by atoms with van der Waals surface area (Å²) >= 11 is 6.02. The quantitative estimate of drug-likeness (QED) is 0.921. The van der Waals surface area contributed by atoms with E-state index in [4.69, 9.17) is 16.3 Å². The van der Waals surface area contributed by atoms with Crippen molar-refractivity contribution in [2.45, 2.75) is 13.0 Å². The molecule has 5 heteroatoms. The first-order chi connectivity index (χ1) is 9.69. The first-order valence-electron chi connectivity index (χ1n) is 6.17. The van der Waals surface area contributed by atoms with Crippen LogP contribution >= 0.6 is 11.6 Å². The van der Waals surface area contributed by atoms with E-state index in [9.17, 15) is 4.79 Å². The second-order valence-electron chi connectivity index (χ2n) is 4.28. The van der Waals surface area contributed by atoms with Crippen molar-refractivity contribution in [2.24, 2.45) is 0 Å². The van der Waals surface area contributed by atoms with E-state index >= 15 is 0 Å². The summed E-state index contributed by atoms with van der Waals surface area (Å²) in [5.41, 5.74) is 1.81. The Morgan fingerprint density at radius 2 is 2.20 bits per heavy atom. The highest BCUT2D eigenvalue weighted by Crippen LogP contribution is 2.25. The van der Waals surface area contributed by atoms with Gasteiger partial charge in [-0.2, -0.15) is 0 Å². The predicted molar refractivity (Wildman–Crippen MR) is 77.8 cm³/mol. The maximum absolute atomic E-state index is 11.8. The van der Waals surface area contributed by atoms with E-state index in [1.54, 1.807) is 31.6 Å². The summed E-state index contributed by atoms with van der Waals surface area (Å²) < 4.78 is 5.07. The Morgan fingerprint density at radius 3 is 2.85 bits per heavy atom. The third-order valence-corrected chi connectivity index (χ3v) is 3.09. The lowest BCUT2D eigenvalue weighted by Crippen LogP contribution is -2.24. The van der Waals surface area contributed by atoms with Gasteiger partial charge >= 0.3 is 0 Å². The molecule has 0 aliphatic rings. The Labute approximate surface area is 122 Å². The van der Waals surface area contributed by atoms with Gasteiger partial charge in [0.05, 0.1) is 18.6 Å². The van der Waals surface area contributed by atoms with E-state index in [1.807, 2.05) is 18.2 Å². The lowest BCUT2D eigenvalue weighted by molar-refractivity contribution is -0.120. The third kappa shape index (κ3) is 3.96. The number of carbonyl (C=O) groups excluding carboxylic acids is 1. The highest BCUT2D eigenvalue weighted by Gasteiger charge is 2.06. The maximum atomic E-state index is 11.8. The van der Waals surface area contributed by atoms with Crippen LogP contribution in [0, 0.1) is 0 Å². The molecule has 0 aliphatic carbocycles. The molecule has 0 spiro atoms. The molecule has 0 aliphatic heterocycles. The molecule has 20 heavy (non-hydrogen) atoms. The Kier molecular flexibility index (Phi) is 4.96. The largest absolute Gasteiger partial charge is 0.495 e. The molecule has 2 rings (SSSR count). The van der Waals surface area contributed by atoms with Crippen molar-refractivity contribution < 1.29 is 9.53 Å².